The first-order chi connectivity index (χ1) is 14.1. The van der Waals surface area contributed by atoms with Crippen LogP contribution in [0.3, 0.4) is 0 Å². The van der Waals surface area contributed by atoms with Gasteiger partial charge in [0.1, 0.15) is 11.5 Å². The summed E-state index contributed by atoms with van der Waals surface area (Å²) in [6.07, 6.45) is 7.02. The van der Waals surface area contributed by atoms with Gasteiger partial charge in [0.05, 0.1) is 31.0 Å². The Morgan fingerprint density at radius 3 is 2.66 bits per heavy atom. The Balaban J connectivity index is 1.59. The van der Waals surface area contributed by atoms with Gasteiger partial charge in [0.25, 0.3) is 0 Å². The number of anilines is 2. The van der Waals surface area contributed by atoms with Crippen LogP contribution >= 0.6 is 0 Å². The number of hydrogen-bond acceptors (Lipinski definition) is 7. The van der Waals surface area contributed by atoms with Crippen molar-refractivity contribution in [2.45, 2.75) is 13.8 Å². The number of aryl methyl sites for hydroxylation is 2. The standard InChI is InChI=1S/C21H20N6O2/c1-14-9-20(29-17-5-4-8-22-11-17)26-21(24-14)25-16-6-7-18(19(10-16)28-3)27-12-15(2)23-13-27/h4-13H,1-3H3,(H,24,25,26). The summed E-state index contributed by atoms with van der Waals surface area (Å²) in [5.74, 6) is 2.17. The van der Waals surface area contributed by atoms with Crippen molar-refractivity contribution in [2.75, 3.05) is 12.4 Å². The molecule has 3 aromatic heterocycles. The second kappa shape index (κ2) is 7.97. The lowest BCUT2D eigenvalue weighted by Gasteiger charge is -2.13. The summed E-state index contributed by atoms with van der Waals surface area (Å²) in [7, 11) is 1.63. The van der Waals surface area contributed by atoms with E-state index in [-0.39, 0.29) is 0 Å². The predicted octanol–water partition coefficient (Wildman–Crippen LogP) is 4.22. The molecule has 8 heteroatoms. The highest BCUT2D eigenvalue weighted by Crippen LogP contribution is 2.28. The Morgan fingerprint density at radius 1 is 1.03 bits per heavy atom. The molecule has 0 radical (unpaired) electrons. The molecule has 0 fully saturated rings. The molecular weight excluding hydrogens is 368 g/mol. The van der Waals surface area contributed by atoms with E-state index in [1.165, 1.54) is 0 Å². The van der Waals surface area contributed by atoms with E-state index in [4.69, 9.17) is 9.47 Å². The van der Waals surface area contributed by atoms with Gasteiger partial charge in [-0.2, -0.15) is 4.98 Å². The summed E-state index contributed by atoms with van der Waals surface area (Å²) in [4.78, 5) is 17.2. The third kappa shape index (κ3) is 4.32. The fraction of sp³-hybridized carbons (Fsp3) is 0.143. The van der Waals surface area contributed by atoms with Gasteiger partial charge in [0.15, 0.2) is 0 Å². The van der Waals surface area contributed by atoms with Crippen LogP contribution in [0.5, 0.6) is 17.4 Å². The van der Waals surface area contributed by atoms with Crippen LogP contribution in [-0.2, 0) is 0 Å². The third-order valence-electron chi connectivity index (χ3n) is 4.11. The molecule has 1 N–H and O–H groups in total. The van der Waals surface area contributed by atoms with Crippen LogP contribution in [-0.4, -0.2) is 31.6 Å². The van der Waals surface area contributed by atoms with Crippen LogP contribution in [0.4, 0.5) is 11.6 Å². The number of nitrogens with one attached hydrogen (secondary N) is 1. The Hall–Kier alpha value is -3.94. The fourth-order valence-electron chi connectivity index (χ4n) is 2.83. The van der Waals surface area contributed by atoms with Crippen LogP contribution in [0.2, 0.25) is 0 Å². The molecule has 0 saturated heterocycles. The summed E-state index contributed by atoms with van der Waals surface area (Å²) in [5.41, 5.74) is 3.40. The number of ether oxygens (including phenoxy) is 2. The van der Waals surface area contributed by atoms with E-state index in [0.717, 1.165) is 22.8 Å². The van der Waals surface area contributed by atoms with Crippen LogP contribution in [0.25, 0.3) is 5.69 Å². The van der Waals surface area contributed by atoms with Gasteiger partial charge in [-0.15, -0.1) is 0 Å². The van der Waals surface area contributed by atoms with Crippen LogP contribution in [0, 0.1) is 13.8 Å². The van der Waals surface area contributed by atoms with Crippen molar-refractivity contribution in [1.29, 1.82) is 0 Å². The molecule has 0 amide bonds. The lowest BCUT2D eigenvalue weighted by molar-refractivity contribution is 0.413. The van der Waals surface area contributed by atoms with Gasteiger partial charge in [-0.1, -0.05) is 0 Å². The monoisotopic (exact) mass is 388 g/mol. The number of nitrogens with zero attached hydrogens (tertiary/aromatic N) is 5. The van der Waals surface area contributed by atoms with Gasteiger partial charge in [-0.3, -0.25) is 4.98 Å². The Morgan fingerprint density at radius 2 is 1.93 bits per heavy atom. The van der Waals surface area contributed by atoms with Crippen LogP contribution < -0.4 is 14.8 Å². The molecule has 3 heterocycles. The molecule has 0 unspecified atom stereocenters. The minimum absolute atomic E-state index is 0.428. The number of hydrogen-bond donors (Lipinski definition) is 1. The summed E-state index contributed by atoms with van der Waals surface area (Å²) in [5, 5.41) is 3.21. The van der Waals surface area contributed by atoms with E-state index in [1.54, 1.807) is 38.0 Å². The topological polar surface area (TPSA) is 87.0 Å². The van der Waals surface area contributed by atoms with E-state index in [1.807, 2.05) is 48.9 Å². The zero-order valence-corrected chi connectivity index (χ0v) is 16.3. The minimum atomic E-state index is 0.428. The summed E-state index contributed by atoms with van der Waals surface area (Å²) in [6.45, 7) is 3.83. The second-order valence-corrected chi connectivity index (χ2v) is 6.40. The van der Waals surface area contributed by atoms with E-state index < -0.39 is 0 Å². The first-order valence-electron chi connectivity index (χ1n) is 9.00. The highest BCUT2D eigenvalue weighted by atomic mass is 16.5. The molecule has 0 bridgehead atoms. The average Bonchev–Trinajstić information content (AvgIpc) is 3.14. The SMILES string of the molecule is COc1cc(Nc2nc(C)cc(Oc3cccnc3)n2)ccc1-n1cnc(C)c1. The quantitative estimate of drug-likeness (QED) is 0.529. The molecule has 0 saturated carbocycles. The Labute approximate surface area is 168 Å². The lowest BCUT2D eigenvalue weighted by Crippen LogP contribution is -2.02. The van der Waals surface area contributed by atoms with Gasteiger partial charge < -0.3 is 19.4 Å². The maximum absolute atomic E-state index is 5.77. The molecule has 0 spiro atoms. The molecule has 8 nitrogen and oxygen atoms in total. The van der Waals surface area contributed by atoms with Gasteiger partial charge in [-0.25, -0.2) is 9.97 Å². The number of rotatable bonds is 6. The average molecular weight is 388 g/mol. The Kier molecular flexibility index (Phi) is 5.07. The number of pyridine rings is 1. The molecule has 0 atom stereocenters. The maximum atomic E-state index is 5.77. The van der Waals surface area contributed by atoms with Crippen molar-refractivity contribution in [1.82, 2.24) is 24.5 Å². The lowest BCUT2D eigenvalue weighted by atomic mass is 10.2. The van der Waals surface area contributed by atoms with E-state index in [9.17, 15) is 0 Å². The molecule has 0 aliphatic carbocycles. The summed E-state index contributed by atoms with van der Waals surface area (Å²) < 4.78 is 13.2. The minimum Gasteiger partial charge on any atom is -0.494 e. The molecule has 1 aromatic carbocycles. The van der Waals surface area contributed by atoms with Crippen molar-refractivity contribution in [3.05, 3.63) is 72.7 Å². The first kappa shape index (κ1) is 18.4. The largest absolute Gasteiger partial charge is 0.494 e. The van der Waals surface area contributed by atoms with Crippen molar-refractivity contribution in [2.24, 2.45) is 0 Å². The third-order valence-corrected chi connectivity index (χ3v) is 4.11. The maximum Gasteiger partial charge on any atom is 0.230 e. The number of benzene rings is 1. The van der Waals surface area contributed by atoms with Gasteiger partial charge in [-0.05, 0) is 38.1 Å². The van der Waals surface area contributed by atoms with Gasteiger partial charge in [0.2, 0.25) is 11.8 Å². The van der Waals surface area contributed by atoms with Gasteiger partial charge in [0, 0.05) is 35.9 Å². The molecule has 29 heavy (non-hydrogen) atoms. The first-order valence-corrected chi connectivity index (χ1v) is 9.00. The number of imidazole rings is 1. The zero-order valence-electron chi connectivity index (χ0n) is 16.3. The smallest absolute Gasteiger partial charge is 0.230 e. The van der Waals surface area contributed by atoms with Crippen molar-refractivity contribution >= 4 is 11.6 Å². The highest BCUT2D eigenvalue weighted by Gasteiger charge is 2.10. The highest BCUT2D eigenvalue weighted by molar-refractivity contribution is 5.62. The fourth-order valence-corrected chi connectivity index (χ4v) is 2.83. The molecule has 4 aromatic rings. The van der Waals surface area contributed by atoms with Crippen molar-refractivity contribution < 1.29 is 9.47 Å². The van der Waals surface area contributed by atoms with Gasteiger partial charge >= 0.3 is 0 Å². The molecule has 146 valence electrons. The van der Waals surface area contributed by atoms with Crippen LogP contribution in [0.15, 0.2) is 61.3 Å². The van der Waals surface area contributed by atoms with E-state index >= 15 is 0 Å². The Bertz CT molecular complexity index is 1130. The summed E-state index contributed by atoms with van der Waals surface area (Å²) in [6, 6.07) is 11.2. The zero-order chi connectivity index (χ0) is 20.2. The second-order valence-electron chi connectivity index (χ2n) is 6.40. The molecule has 0 aliphatic rings. The molecule has 4 rings (SSSR count). The molecule has 0 aliphatic heterocycles. The predicted molar refractivity (Wildman–Crippen MR) is 109 cm³/mol. The number of methoxy groups -OCH3 is 1. The van der Waals surface area contributed by atoms with Crippen molar-refractivity contribution in [3.8, 4) is 23.1 Å². The van der Waals surface area contributed by atoms with E-state index in [0.29, 0.717) is 23.3 Å². The van der Waals surface area contributed by atoms with E-state index in [2.05, 4.69) is 25.3 Å². The van der Waals surface area contributed by atoms with Crippen molar-refractivity contribution in [3.63, 3.8) is 0 Å². The number of aromatic nitrogens is 5. The summed E-state index contributed by atoms with van der Waals surface area (Å²) >= 11 is 0. The molecular formula is C21H20N6O2. The normalized spacial score (nSPS) is 10.6. The van der Waals surface area contributed by atoms with Crippen LogP contribution in [0.1, 0.15) is 11.4 Å².